The van der Waals surface area contributed by atoms with Gasteiger partial charge in [0.05, 0.1) is 24.4 Å². The van der Waals surface area contributed by atoms with Crippen molar-refractivity contribution in [3.8, 4) is 0 Å². The lowest BCUT2D eigenvalue weighted by molar-refractivity contribution is -0.132. The molecule has 0 aliphatic carbocycles. The van der Waals surface area contributed by atoms with Crippen molar-refractivity contribution in [3.63, 3.8) is 0 Å². The third-order valence-electron chi connectivity index (χ3n) is 4.89. The highest BCUT2D eigenvalue weighted by molar-refractivity contribution is 6.34. The predicted molar refractivity (Wildman–Crippen MR) is 130 cm³/mol. The number of halogens is 5. The van der Waals surface area contributed by atoms with Crippen LogP contribution in [0.2, 0.25) is 10.0 Å². The molecular formula is C25H20Cl2F3N3O2. The van der Waals surface area contributed by atoms with Crippen LogP contribution in [0.4, 0.5) is 18.9 Å². The van der Waals surface area contributed by atoms with Crippen LogP contribution in [-0.4, -0.2) is 36.8 Å². The molecule has 0 aliphatic rings. The van der Waals surface area contributed by atoms with Crippen LogP contribution < -0.4 is 10.2 Å². The summed E-state index contributed by atoms with van der Waals surface area (Å²) in [5, 5.41) is 11.5. The maximum Gasteiger partial charge on any atom is 0.406 e. The van der Waals surface area contributed by atoms with Crippen LogP contribution in [0, 0.1) is 5.41 Å². The van der Waals surface area contributed by atoms with E-state index in [1.54, 1.807) is 36.4 Å². The Morgan fingerprint density at radius 1 is 0.914 bits per heavy atom. The summed E-state index contributed by atoms with van der Waals surface area (Å²) in [6, 6.07) is 18.9. The van der Waals surface area contributed by atoms with Gasteiger partial charge in [-0.05, 0) is 29.8 Å². The fourth-order valence-corrected chi connectivity index (χ4v) is 3.97. The molecule has 0 atom stereocenters. The smallest absolute Gasteiger partial charge is 0.347 e. The van der Waals surface area contributed by atoms with Crippen LogP contribution in [0.25, 0.3) is 0 Å². The summed E-state index contributed by atoms with van der Waals surface area (Å²) < 4.78 is 40.2. The number of hydrogen-bond acceptors (Lipinski definition) is 3. The maximum absolute atomic E-state index is 13.4. The molecule has 35 heavy (non-hydrogen) atoms. The van der Waals surface area contributed by atoms with Gasteiger partial charge in [0.1, 0.15) is 6.54 Å². The second kappa shape index (κ2) is 11.4. The standard InChI is InChI=1S/C25H20Cl2F3N3O2/c26-18-10-16(11-19(27)13-18)12-22(34)32-14-23(35)33(15-25(28,29)30)21-9-5-4-8-20(21)24(31)17-6-2-1-3-7-17/h1-11,13,31H,12,14-15H2,(H,32,34). The molecule has 10 heteroatoms. The van der Waals surface area contributed by atoms with Gasteiger partial charge in [-0.2, -0.15) is 13.2 Å². The zero-order chi connectivity index (χ0) is 25.6. The first-order valence-electron chi connectivity index (χ1n) is 10.4. The first-order chi connectivity index (χ1) is 16.5. The zero-order valence-electron chi connectivity index (χ0n) is 18.2. The van der Waals surface area contributed by atoms with Gasteiger partial charge in [-0.15, -0.1) is 0 Å². The molecule has 3 aromatic rings. The van der Waals surface area contributed by atoms with Gasteiger partial charge in [-0.1, -0.05) is 71.7 Å². The molecule has 0 aromatic heterocycles. The summed E-state index contributed by atoms with van der Waals surface area (Å²) >= 11 is 11.8. The molecule has 0 bridgehead atoms. The molecular weight excluding hydrogens is 502 g/mol. The van der Waals surface area contributed by atoms with E-state index in [0.717, 1.165) is 0 Å². The Labute approximate surface area is 210 Å². The van der Waals surface area contributed by atoms with Gasteiger partial charge in [0.25, 0.3) is 0 Å². The van der Waals surface area contributed by atoms with Crippen molar-refractivity contribution < 1.29 is 22.8 Å². The van der Waals surface area contributed by atoms with E-state index in [9.17, 15) is 22.8 Å². The van der Waals surface area contributed by atoms with Crippen molar-refractivity contribution in [3.05, 3.63) is 99.5 Å². The van der Waals surface area contributed by atoms with Gasteiger partial charge < -0.3 is 10.2 Å². The van der Waals surface area contributed by atoms with Crippen molar-refractivity contribution in [2.75, 3.05) is 18.0 Å². The molecule has 2 amide bonds. The molecule has 0 saturated carbocycles. The molecule has 2 N–H and O–H groups in total. The first-order valence-corrected chi connectivity index (χ1v) is 11.1. The number of hydrogen-bond donors (Lipinski definition) is 2. The average Bonchev–Trinajstić information content (AvgIpc) is 2.80. The van der Waals surface area contributed by atoms with E-state index in [1.165, 1.54) is 36.4 Å². The third-order valence-corrected chi connectivity index (χ3v) is 5.33. The van der Waals surface area contributed by atoms with Crippen LogP contribution in [0.5, 0.6) is 0 Å². The summed E-state index contributed by atoms with van der Waals surface area (Å²) in [4.78, 5) is 25.7. The van der Waals surface area contributed by atoms with Crippen LogP contribution in [0.15, 0.2) is 72.8 Å². The molecule has 3 aromatic carbocycles. The fourth-order valence-electron chi connectivity index (χ4n) is 3.40. The van der Waals surface area contributed by atoms with Crippen molar-refractivity contribution in [2.24, 2.45) is 0 Å². The number of nitrogens with zero attached hydrogens (tertiary/aromatic N) is 1. The molecule has 0 saturated heterocycles. The lowest BCUT2D eigenvalue weighted by Crippen LogP contribution is -2.45. The molecule has 5 nitrogen and oxygen atoms in total. The number of alkyl halides is 3. The first kappa shape index (κ1) is 26.2. The van der Waals surface area contributed by atoms with Crippen molar-refractivity contribution in [1.82, 2.24) is 5.32 Å². The van der Waals surface area contributed by atoms with E-state index in [2.05, 4.69) is 5.32 Å². The Kier molecular flexibility index (Phi) is 8.53. The summed E-state index contributed by atoms with van der Waals surface area (Å²) in [7, 11) is 0. The van der Waals surface area contributed by atoms with Crippen LogP contribution in [-0.2, 0) is 16.0 Å². The molecule has 0 aliphatic heterocycles. The van der Waals surface area contributed by atoms with E-state index in [0.29, 0.717) is 26.1 Å². The SMILES string of the molecule is N=C(c1ccccc1)c1ccccc1N(CC(F)(F)F)C(=O)CNC(=O)Cc1cc(Cl)cc(Cl)c1. The highest BCUT2D eigenvalue weighted by Crippen LogP contribution is 2.27. The predicted octanol–water partition coefficient (Wildman–Crippen LogP) is 5.66. The van der Waals surface area contributed by atoms with Crippen molar-refractivity contribution >= 4 is 46.4 Å². The number of nitrogens with one attached hydrogen (secondary N) is 2. The second-order valence-corrected chi connectivity index (χ2v) is 8.46. The number of carbonyl (C=O) groups excluding carboxylic acids is 2. The lowest BCUT2D eigenvalue weighted by Gasteiger charge is -2.26. The lowest BCUT2D eigenvalue weighted by atomic mass is 10.00. The Bertz CT molecular complexity index is 1210. The number of rotatable bonds is 8. The van der Waals surface area contributed by atoms with Gasteiger partial charge in [0, 0.05) is 21.2 Å². The van der Waals surface area contributed by atoms with E-state index in [4.69, 9.17) is 28.6 Å². The molecule has 0 unspecified atom stereocenters. The highest BCUT2D eigenvalue weighted by Gasteiger charge is 2.35. The van der Waals surface area contributed by atoms with E-state index >= 15 is 0 Å². The fraction of sp³-hybridized carbons (Fsp3) is 0.160. The molecule has 3 rings (SSSR count). The number of carbonyl (C=O) groups is 2. The Morgan fingerprint density at radius 3 is 2.14 bits per heavy atom. The van der Waals surface area contributed by atoms with Crippen LogP contribution in [0.3, 0.4) is 0 Å². The minimum Gasteiger partial charge on any atom is -0.347 e. The Hall–Kier alpha value is -3.36. The minimum absolute atomic E-state index is 0.0388. The maximum atomic E-state index is 13.4. The summed E-state index contributed by atoms with van der Waals surface area (Å²) in [5.41, 5.74) is 0.993. The summed E-state index contributed by atoms with van der Waals surface area (Å²) in [6.07, 6.45) is -4.87. The molecule has 0 fully saturated rings. The van der Waals surface area contributed by atoms with Crippen LogP contribution in [0.1, 0.15) is 16.7 Å². The summed E-state index contributed by atoms with van der Waals surface area (Å²) in [6.45, 7) is -2.25. The topological polar surface area (TPSA) is 73.3 Å². The largest absolute Gasteiger partial charge is 0.406 e. The monoisotopic (exact) mass is 521 g/mol. The van der Waals surface area contributed by atoms with Gasteiger partial charge in [0.2, 0.25) is 11.8 Å². The molecule has 0 radical (unpaired) electrons. The second-order valence-electron chi connectivity index (χ2n) is 7.58. The van der Waals surface area contributed by atoms with Crippen molar-refractivity contribution in [2.45, 2.75) is 12.6 Å². The minimum atomic E-state index is -4.71. The van der Waals surface area contributed by atoms with Gasteiger partial charge in [-0.25, -0.2) is 0 Å². The summed E-state index contributed by atoms with van der Waals surface area (Å²) in [5.74, 6) is -1.57. The number of para-hydroxylation sites is 1. The van der Waals surface area contributed by atoms with E-state index < -0.39 is 31.1 Å². The van der Waals surface area contributed by atoms with Crippen LogP contribution >= 0.6 is 23.2 Å². The average molecular weight is 522 g/mol. The van der Waals surface area contributed by atoms with Gasteiger partial charge in [0.15, 0.2) is 0 Å². The van der Waals surface area contributed by atoms with E-state index in [-0.39, 0.29) is 23.4 Å². The van der Waals surface area contributed by atoms with Gasteiger partial charge in [-0.3, -0.25) is 15.0 Å². The Morgan fingerprint density at radius 2 is 1.51 bits per heavy atom. The molecule has 182 valence electrons. The number of amides is 2. The zero-order valence-corrected chi connectivity index (χ0v) is 19.7. The molecule has 0 spiro atoms. The Balaban J connectivity index is 1.81. The third kappa shape index (κ3) is 7.56. The molecule has 0 heterocycles. The highest BCUT2D eigenvalue weighted by atomic mass is 35.5. The van der Waals surface area contributed by atoms with Gasteiger partial charge >= 0.3 is 6.18 Å². The number of benzene rings is 3. The number of anilines is 1. The van der Waals surface area contributed by atoms with E-state index in [1.807, 2.05) is 0 Å². The normalized spacial score (nSPS) is 11.1. The van der Waals surface area contributed by atoms with Crippen molar-refractivity contribution in [1.29, 1.82) is 5.41 Å². The quantitative estimate of drug-likeness (QED) is 0.375.